The summed E-state index contributed by atoms with van der Waals surface area (Å²) in [6, 6.07) is 9.38. The van der Waals surface area contributed by atoms with Gasteiger partial charge in [0.25, 0.3) is 0 Å². The highest BCUT2D eigenvalue weighted by Gasteiger charge is 2.03. The lowest BCUT2D eigenvalue weighted by molar-refractivity contribution is 0.425. The van der Waals surface area contributed by atoms with Crippen LogP contribution in [-0.4, -0.2) is 42.1 Å². The number of likely N-dealkylation sites (N-methyl/N-ethyl adjacent to an activating group) is 1. The molecule has 0 spiro atoms. The summed E-state index contributed by atoms with van der Waals surface area (Å²) < 4.78 is 0. The molecule has 0 aliphatic carbocycles. The van der Waals surface area contributed by atoms with Gasteiger partial charge in [-0.3, -0.25) is 0 Å². The minimum atomic E-state index is 0. The molecule has 7 heteroatoms. The highest BCUT2D eigenvalue weighted by Crippen LogP contribution is 2.18. The summed E-state index contributed by atoms with van der Waals surface area (Å²) >= 11 is 5.87. The van der Waals surface area contributed by atoms with E-state index in [0.29, 0.717) is 11.0 Å². The van der Waals surface area contributed by atoms with Crippen LogP contribution >= 0.6 is 24.0 Å². The van der Waals surface area contributed by atoms with Gasteiger partial charge in [0.1, 0.15) is 5.82 Å². The molecular formula is C15H21Cl2N5. The largest absolute Gasteiger partial charge is 0.369 e. The molecule has 0 amide bonds. The van der Waals surface area contributed by atoms with Crippen molar-refractivity contribution in [1.29, 1.82) is 0 Å². The molecule has 0 bridgehead atoms. The number of hydrogen-bond donors (Lipinski definition) is 2. The van der Waals surface area contributed by atoms with Crippen LogP contribution in [0.25, 0.3) is 0 Å². The summed E-state index contributed by atoms with van der Waals surface area (Å²) in [4.78, 5) is 11.0. The Hall–Kier alpha value is -1.56. The van der Waals surface area contributed by atoms with Crippen LogP contribution in [0.3, 0.4) is 0 Å². The molecule has 2 N–H and O–H groups in total. The minimum absolute atomic E-state index is 0. The van der Waals surface area contributed by atoms with E-state index in [1.165, 1.54) is 0 Å². The minimum Gasteiger partial charge on any atom is -0.369 e. The molecule has 1 aromatic carbocycles. The maximum Gasteiger partial charge on any atom is 0.229 e. The molecule has 0 saturated heterocycles. The summed E-state index contributed by atoms with van der Waals surface area (Å²) in [5, 5.41) is 7.18. The van der Waals surface area contributed by atoms with Gasteiger partial charge < -0.3 is 15.5 Å². The summed E-state index contributed by atoms with van der Waals surface area (Å²) in [7, 11) is 4.08. The number of anilines is 3. The first kappa shape index (κ1) is 18.5. The van der Waals surface area contributed by atoms with E-state index in [9.17, 15) is 0 Å². The van der Waals surface area contributed by atoms with Gasteiger partial charge in [0.2, 0.25) is 5.95 Å². The average Bonchev–Trinajstić information content (AvgIpc) is 2.40. The van der Waals surface area contributed by atoms with Gasteiger partial charge in [0.05, 0.1) is 0 Å². The molecule has 0 saturated carbocycles. The zero-order valence-electron chi connectivity index (χ0n) is 12.9. The van der Waals surface area contributed by atoms with Crippen LogP contribution in [0, 0.1) is 6.92 Å². The number of aryl methyl sites for hydroxylation is 1. The van der Waals surface area contributed by atoms with Crippen LogP contribution in [0.5, 0.6) is 0 Å². The van der Waals surface area contributed by atoms with Gasteiger partial charge in [-0.1, -0.05) is 11.6 Å². The van der Waals surface area contributed by atoms with Crippen molar-refractivity contribution in [3.05, 3.63) is 41.0 Å². The van der Waals surface area contributed by atoms with Gasteiger partial charge in [-0.05, 0) is 45.3 Å². The Morgan fingerprint density at radius 1 is 1.14 bits per heavy atom. The predicted octanol–water partition coefficient (Wildman–Crippen LogP) is 3.58. The Morgan fingerprint density at radius 2 is 1.82 bits per heavy atom. The fourth-order valence-electron chi connectivity index (χ4n) is 1.78. The maximum absolute atomic E-state index is 5.87. The SMILES string of the molecule is Cc1cc(NCCN(C)C)nc(Nc2ccc(Cl)cc2)n1.Cl. The first-order valence-corrected chi connectivity index (χ1v) is 7.17. The van der Waals surface area contributed by atoms with Crippen molar-refractivity contribution in [2.75, 3.05) is 37.8 Å². The molecule has 0 unspecified atom stereocenters. The van der Waals surface area contributed by atoms with Crippen LogP contribution in [-0.2, 0) is 0 Å². The Labute approximate surface area is 142 Å². The molecule has 0 radical (unpaired) electrons. The van der Waals surface area contributed by atoms with E-state index in [0.717, 1.165) is 30.3 Å². The zero-order chi connectivity index (χ0) is 15.2. The highest BCUT2D eigenvalue weighted by atomic mass is 35.5. The first-order valence-electron chi connectivity index (χ1n) is 6.80. The molecule has 2 rings (SSSR count). The molecule has 120 valence electrons. The van der Waals surface area contributed by atoms with Crippen molar-refractivity contribution < 1.29 is 0 Å². The third kappa shape index (κ3) is 6.05. The second-order valence-electron chi connectivity index (χ2n) is 5.08. The summed E-state index contributed by atoms with van der Waals surface area (Å²) in [6.45, 7) is 3.73. The van der Waals surface area contributed by atoms with Crippen molar-refractivity contribution >= 4 is 41.5 Å². The van der Waals surface area contributed by atoms with Gasteiger partial charge >= 0.3 is 0 Å². The maximum atomic E-state index is 5.87. The van der Waals surface area contributed by atoms with Gasteiger partial charge in [-0.25, -0.2) is 4.98 Å². The molecule has 0 aliphatic heterocycles. The normalized spacial score (nSPS) is 10.2. The number of nitrogens with zero attached hydrogens (tertiary/aromatic N) is 3. The Kier molecular flexibility index (Phi) is 7.38. The first-order chi connectivity index (χ1) is 10.0. The summed E-state index contributed by atoms with van der Waals surface area (Å²) in [5.41, 5.74) is 1.82. The number of aromatic nitrogens is 2. The molecule has 0 aliphatic rings. The average molecular weight is 342 g/mol. The van der Waals surface area contributed by atoms with Crippen LogP contribution in [0.2, 0.25) is 5.02 Å². The van der Waals surface area contributed by atoms with E-state index in [2.05, 4.69) is 25.5 Å². The fourth-order valence-corrected chi connectivity index (χ4v) is 1.91. The lowest BCUT2D eigenvalue weighted by Crippen LogP contribution is -2.21. The van der Waals surface area contributed by atoms with Crippen molar-refractivity contribution in [3.63, 3.8) is 0 Å². The predicted molar refractivity (Wildman–Crippen MR) is 95.8 cm³/mol. The number of hydrogen-bond acceptors (Lipinski definition) is 5. The molecule has 22 heavy (non-hydrogen) atoms. The number of benzene rings is 1. The standard InChI is InChI=1S/C15H20ClN5.ClH/c1-11-10-14(17-8-9-21(2)3)20-15(18-11)19-13-6-4-12(16)5-7-13;/h4-7,10H,8-9H2,1-3H3,(H2,17,18,19,20);1H. The van der Waals surface area contributed by atoms with E-state index in [4.69, 9.17) is 11.6 Å². The Balaban J connectivity index is 0.00000242. The van der Waals surface area contributed by atoms with Crippen LogP contribution < -0.4 is 10.6 Å². The molecule has 2 aromatic rings. The van der Waals surface area contributed by atoms with E-state index in [1.54, 1.807) is 0 Å². The Morgan fingerprint density at radius 3 is 2.45 bits per heavy atom. The van der Waals surface area contributed by atoms with Crippen LogP contribution in [0.4, 0.5) is 17.5 Å². The van der Waals surface area contributed by atoms with E-state index in [1.807, 2.05) is 51.4 Å². The monoisotopic (exact) mass is 341 g/mol. The fraction of sp³-hybridized carbons (Fsp3) is 0.333. The number of nitrogens with one attached hydrogen (secondary N) is 2. The van der Waals surface area contributed by atoms with Crippen molar-refractivity contribution in [2.45, 2.75) is 6.92 Å². The third-order valence-electron chi connectivity index (χ3n) is 2.82. The molecule has 0 fully saturated rings. The lowest BCUT2D eigenvalue weighted by Gasteiger charge is -2.12. The molecule has 0 atom stereocenters. The molecule has 5 nitrogen and oxygen atoms in total. The topological polar surface area (TPSA) is 53.1 Å². The smallest absolute Gasteiger partial charge is 0.229 e. The molecule has 1 aromatic heterocycles. The quantitative estimate of drug-likeness (QED) is 0.840. The van der Waals surface area contributed by atoms with Crippen LogP contribution in [0.1, 0.15) is 5.69 Å². The van der Waals surface area contributed by atoms with Crippen molar-refractivity contribution in [2.24, 2.45) is 0 Å². The van der Waals surface area contributed by atoms with E-state index >= 15 is 0 Å². The highest BCUT2D eigenvalue weighted by molar-refractivity contribution is 6.30. The van der Waals surface area contributed by atoms with Gasteiger partial charge in [0.15, 0.2) is 0 Å². The summed E-state index contributed by atoms with van der Waals surface area (Å²) in [6.07, 6.45) is 0. The van der Waals surface area contributed by atoms with Crippen molar-refractivity contribution in [3.8, 4) is 0 Å². The van der Waals surface area contributed by atoms with Crippen LogP contribution in [0.15, 0.2) is 30.3 Å². The Bertz CT molecular complexity index is 587. The summed E-state index contributed by atoms with van der Waals surface area (Å²) in [5.74, 6) is 1.39. The van der Waals surface area contributed by atoms with Gasteiger partial charge in [-0.15, -0.1) is 12.4 Å². The lowest BCUT2D eigenvalue weighted by atomic mass is 10.3. The second-order valence-corrected chi connectivity index (χ2v) is 5.52. The second kappa shape index (κ2) is 8.78. The molecule has 1 heterocycles. The van der Waals surface area contributed by atoms with Crippen molar-refractivity contribution in [1.82, 2.24) is 14.9 Å². The number of rotatable bonds is 6. The zero-order valence-corrected chi connectivity index (χ0v) is 14.5. The van der Waals surface area contributed by atoms with Gasteiger partial charge in [-0.2, -0.15) is 4.98 Å². The van der Waals surface area contributed by atoms with E-state index in [-0.39, 0.29) is 12.4 Å². The molecular weight excluding hydrogens is 321 g/mol. The van der Waals surface area contributed by atoms with E-state index < -0.39 is 0 Å². The third-order valence-corrected chi connectivity index (χ3v) is 3.07. The number of halogens is 2. The van der Waals surface area contributed by atoms with Gasteiger partial charge in [0, 0.05) is 35.6 Å².